The maximum atomic E-state index is 13.2. The van der Waals surface area contributed by atoms with Crippen LogP contribution in [0.1, 0.15) is 22.0 Å². The van der Waals surface area contributed by atoms with Crippen molar-refractivity contribution >= 4 is 11.6 Å². The van der Waals surface area contributed by atoms with Gasteiger partial charge in [-0.1, -0.05) is 30.3 Å². The van der Waals surface area contributed by atoms with Gasteiger partial charge in [-0.2, -0.15) is 5.10 Å². The number of piperazine rings is 1. The van der Waals surface area contributed by atoms with Crippen LogP contribution >= 0.6 is 0 Å². The Labute approximate surface area is 185 Å². The summed E-state index contributed by atoms with van der Waals surface area (Å²) >= 11 is 0. The predicted molar refractivity (Wildman–Crippen MR) is 119 cm³/mol. The van der Waals surface area contributed by atoms with Gasteiger partial charge in [0.05, 0.1) is 16.6 Å². The Balaban J connectivity index is 1.42. The Bertz CT molecular complexity index is 1090. The Kier molecular flexibility index (Phi) is 6.29. The molecular weight excluding hydrogens is 410 g/mol. The van der Waals surface area contributed by atoms with Gasteiger partial charge in [-0.05, 0) is 17.7 Å². The number of carbonyl (C=O) groups excluding carboxylic acids is 1. The molecule has 1 amide bonds. The fraction of sp³-hybridized carbons (Fsp3) is 0.304. The number of aliphatic hydroxyl groups is 1. The SMILES string of the molecule is Cn1cc(C(=O)N2CCN(CC(O)c3ccccc3)CC2)c(-c2ccc([N+](=O)[O-])cc2)n1. The highest BCUT2D eigenvalue weighted by Crippen LogP contribution is 2.26. The van der Waals surface area contributed by atoms with Crippen molar-refractivity contribution in [3.8, 4) is 11.3 Å². The second kappa shape index (κ2) is 9.29. The Morgan fingerprint density at radius 2 is 1.75 bits per heavy atom. The summed E-state index contributed by atoms with van der Waals surface area (Å²) in [5.74, 6) is -0.116. The van der Waals surface area contributed by atoms with E-state index < -0.39 is 11.0 Å². The summed E-state index contributed by atoms with van der Waals surface area (Å²) in [4.78, 5) is 27.6. The Morgan fingerprint density at radius 3 is 2.38 bits per heavy atom. The molecule has 1 N–H and O–H groups in total. The highest BCUT2D eigenvalue weighted by molar-refractivity contribution is 5.99. The standard InChI is InChI=1S/C23H25N5O4/c1-25-15-20(22(24-25)18-7-9-19(10-8-18)28(31)32)23(30)27-13-11-26(12-14-27)16-21(29)17-5-3-2-4-6-17/h2-10,15,21,29H,11-14,16H2,1H3. The lowest BCUT2D eigenvalue weighted by Crippen LogP contribution is -2.49. The molecule has 9 heteroatoms. The van der Waals surface area contributed by atoms with Crippen LogP contribution in [0.15, 0.2) is 60.8 Å². The van der Waals surface area contributed by atoms with Crippen molar-refractivity contribution in [1.29, 1.82) is 0 Å². The number of amides is 1. The predicted octanol–water partition coefficient (Wildman–Crippen LogP) is 2.49. The number of hydrogen-bond acceptors (Lipinski definition) is 6. The average Bonchev–Trinajstić information content (AvgIpc) is 3.21. The van der Waals surface area contributed by atoms with Crippen molar-refractivity contribution in [2.45, 2.75) is 6.10 Å². The van der Waals surface area contributed by atoms with Crippen molar-refractivity contribution in [3.63, 3.8) is 0 Å². The van der Waals surface area contributed by atoms with Gasteiger partial charge in [0, 0.05) is 63.7 Å². The number of benzene rings is 2. The van der Waals surface area contributed by atoms with E-state index in [4.69, 9.17) is 0 Å². The smallest absolute Gasteiger partial charge is 0.269 e. The fourth-order valence-corrected chi connectivity index (χ4v) is 3.93. The number of nitrogens with zero attached hydrogens (tertiary/aromatic N) is 5. The molecule has 0 saturated carbocycles. The zero-order valence-electron chi connectivity index (χ0n) is 17.8. The zero-order chi connectivity index (χ0) is 22.7. The number of nitro groups is 1. The van der Waals surface area contributed by atoms with Crippen LogP contribution in [0.2, 0.25) is 0 Å². The van der Waals surface area contributed by atoms with E-state index >= 15 is 0 Å². The number of β-amino-alcohol motifs (C(OH)–C–C–N with tert-alkyl or cyclic N) is 1. The Hall–Kier alpha value is -3.56. The first kappa shape index (κ1) is 21.7. The molecule has 1 saturated heterocycles. The number of aliphatic hydroxyl groups excluding tert-OH is 1. The number of aryl methyl sites for hydroxylation is 1. The number of carbonyl (C=O) groups is 1. The van der Waals surface area contributed by atoms with Gasteiger partial charge in [0.25, 0.3) is 11.6 Å². The van der Waals surface area contributed by atoms with Crippen LogP contribution in [0.3, 0.4) is 0 Å². The minimum absolute atomic E-state index is 0.00799. The molecule has 2 aromatic carbocycles. The van der Waals surface area contributed by atoms with Crippen molar-refractivity contribution in [3.05, 3.63) is 82.0 Å². The topological polar surface area (TPSA) is 105 Å². The number of aromatic nitrogens is 2. The molecule has 3 aromatic rings. The third kappa shape index (κ3) is 4.68. The first-order valence-corrected chi connectivity index (χ1v) is 10.5. The van der Waals surface area contributed by atoms with Crippen LogP contribution in [0, 0.1) is 10.1 Å². The number of non-ortho nitro benzene ring substituents is 1. The highest BCUT2D eigenvalue weighted by Gasteiger charge is 2.27. The molecule has 32 heavy (non-hydrogen) atoms. The highest BCUT2D eigenvalue weighted by atomic mass is 16.6. The van der Waals surface area contributed by atoms with E-state index in [-0.39, 0.29) is 11.6 Å². The average molecular weight is 435 g/mol. The number of nitro benzene ring substituents is 1. The van der Waals surface area contributed by atoms with Gasteiger partial charge in [0.2, 0.25) is 0 Å². The summed E-state index contributed by atoms with van der Waals surface area (Å²) in [7, 11) is 1.74. The molecule has 0 aliphatic carbocycles. The van der Waals surface area contributed by atoms with E-state index in [1.54, 1.807) is 35.0 Å². The van der Waals surface area contributed by atoms with Crippen molar-refractivity contribution in [1.82, 2.24) is 19.6 Å². The van der Waals surface area contributed by atoms with Gasteiger partial charge in [-0.25, -0.2) is 0 Å². The number of hydrogen-bond donors (Lipinski definition) is 1. The lowest BCUT2D eigenvalue weighted by molar-refractivity contribution is -0.384. The molecule has 0 spiro atoms. The summed E-state index contributed by atoms with van der Waals surface area (Å²) in [6.07, 6.45) is 1.12. The lowest BCUT2D eigenvalue weighted by Gasteiger charge is -2.35. The van der Waals surface area contributed by atoms with Gasteiger partial charge in [-0.15, -0.1) is 0 Å². The second-order valence-electron chi connectivity index (χ2n) is 7.89. The van der Waals surface area contributed by atoms with E-state index in [0.717, 1.165) is 5.56 Å². The molecule has 1 atom stereocenters. The van der Waals surface area contributed by atoms with Crippen LogP contribution in [0.4, 0.5) is 5.69 Å². The van der Waals surface area contributed by atoms with E-state index in [2.05, 4.69) is 10.00 Å². The summed E-state index contributed by atoms with van der Waals surface area (Å²) in [6, 6.07) is 15.6. The summed E-state index contributed by atoms with van der Waals surface area (Å²) in [5, 5.41) is 25.8. The van der Waals surface area contributed by atoms with Crippen LogP contribution in [-0.4, -0.2) is 68.2 Å². The molecular formula is C23H25N5O4. The van der Waals surface area contributed by atoms with Crippen LogP contribution in [0.25, 0.3) is 11.3 Å². The van der Waals surface area contributed by atoms with E-state index in [9.17, 15) is 20.0 Å². The minimum atomic E-state index is -0.564. The normalized spacial score (nSPS) is 15.5. The summed E-state index contributed by atoms with van der Waals surface area (Å²) < 4.78 is 1.58. The van der Waals surface area contributed by atoms with Crippen molar-refractivity contribution < 1.29 is 14.8 Å². The molecule has 166 valence electrons. The molecule has 1 aliphatic heterocycles. The molecule has 1 aromatic heterocycles. The van der Waals surface area contributed by atoms with E-state index in [1.165, 1.54) is 12.1 Å². The monoisotopic (exact) mass is 435 g/mol. The maximum absolute atomic E-state index is 13.2. The largest absolute Gasteiger partial charge is 0.387 e. The number of rotatable bonds is 6. The van der Waals surface area contributed by atoms with E-state index in [0.29, 0.717) is 49.5 Å². The van der Waals surface area contributed by atoms with Crippen LogP contribution in [-0.2, 0) is 7.05 Å². The second-order valence-corrected chi connectivity index (χ2v) is 7.89. The third-order valence-electron chi connectivity index (χ3n) is 5.69. The van der Waals surface area contributed by atoms with Crippen LogP contribution < -0.4 is 0 Å². The van der Waals surface area contributed by atoms with Gasteiger partial charge in [0.15, 0.2) is 0 Å². The van der Waals surface area contributed by atoms with Gasteiger partial charge in [-0.3, -0.25) is 24.5 Å². The van der Waals surface area contributed by atoms with Gasteiger partial charge < -0.3 is 10.0 Å². The van der Waals surface area contributed by atoms with Gasteiger partial charge >= 0.3 is 0 Å². The molecule has 0 radical (unpaired) electrons. The molecule has 9 nitrogen and oxygen atoms in total. The van der Waals surface area contributed by atoms with Gasteiger partial charge in [0.1, 0.15) is 5.69 Å². The molecule has 0 bridgehead atoms. The first-order valence-electron chi connectivity index (χ1n) is 10.5. The van der Waals surface area contributed by atoms with E-state index in [1.807, 2.05) is 30.3 Å². The quantitative estimate of drug-likeness (QED) is 0.471. The zero-order valence-corrected chi connectivity index (χ0v) is 17.8. The minimum Gasteiger partial charge on any atom is -0.387 e. The summed E-state index contributed by atoms with van der Waals surface area (Å²) in [5.41, 5.74) is 2.51. The molecule has 2 heterocycles. The lowest BCUT2D eigenvalue weighted by atomic mass is 10.1. The maximum Gasteiger partial charge on any atom is 0.269 e. The first-order chi connectivity index (χ1) is 15.4. The Morgan fingerprint density at radius 1 is 1.09 bits per heavy atom. The van der Waals surface area contributed by atoms with Crippen molar-refractivity contribution in [2.75, 3.05) is 32.7 Å². The summed E-state index contributed by atoms with van der Waals surface area (Å²) in [6.45, 7) is 2.96. The molecule has 1 aliphatic rings. The van der Waals surface area contributed by atoms with Crippen molar-refractivity contribution in [2.24, 2.45) is 7.05 Å². The fourth-order valence-electron chi connectivity index (χ4n) is 3.93. The molecule has 1 fully saturated rings. The molecule has 4 rings (SSSR count). The van der Waals surface area contributed by atoms with Crippen LogP contribution in [0.5, 0.6) is 0 Å². The molecule has 1 unspecified atom stereocenters. The third-order valence-corrected chi connectivity index (χ3v) is 5.69.